The van der Waals surface area contributed by atoms with Crippen molar-refractivity contribution in [2.24, 2.45) is 5.92 Å². The average molecular weight is 383 g/mol. The Kier molecular flexibility index (Phi) is 5.79. The SMILES string of the molecule is C[C@H]1CCCC[C@@H]1Nc1ccc(S(=O)(=O)N2CCOCC2)cc1[N+](=O)[O-]. The van der Waals surface area contributed by atoms with Crippen molar-refractivity contribution in [3.8, 4) is 0 Å². The monoisotopic (exact) mass is 383 g/mol. The number of nitrogens with one attached hydrogen (secondary N) is 1. The summed E-state index contributed by atoms with van der Waals surface area (Å²) in [6.45, 7) is 3.33. The van der Waals surface area contributed by atoms with E-state index in [1.807, 2.05) is 0 Å². The highest BCUT2D eigenvalue weighted by atomic mass is 32.2. The molecule has 0 radical (unpaired) electrons. The fourth-order valence-electron chi connectivity index (χ4n) is 3.61. The minimum atomic E-state index is -3.76. The normalized spacial score (nSPS) is 25.0. The molecule has 0 amide bonds. The van der Waals surface area contributed by atoms with Crippen LogP contribution >= 0.6 is 0 Å². The Hall–Kier alpha value is -1.71. The maximum absolute atomic E-state index is 12.7. The summed E-state index contributed by atoms with van der Waals surface area (Å²) in [4.78, 5) is 11.0. The van der Waals surface area contributed by atoms with E-state index in [2.05, 4.69) is 12.2 Å². The third-order valence-electron chi connectivity index (χ3n) is 5.23. The topological polar surface area (TPSA) is 102 Å². The first kappa shape index (κ1) is 19.1. The van der Waals surface area contributed by atoms with Crippen LogP contribution in [0.5, 0.6) is 0 Å². The molecule has 1 aliphatic heterocycles. The van der Waals surface area contributed by atoms with E-state index in [1.54, 1.807) is 0 Å². The molecule has 26 heavy (non-hydrogen) atoms. The first-order valence-electron chi connectivity index (χ1n) is 9.02. The molecule has 2 aliphatic rings. The van der Waals surface area contributed by atoms with E-state index >= 15 is 0 Å². The molecule has 3 rings (SSSR count). The second-order valence-corrected chi connectivity index (χ2v) is 8.90. The molecule has 0 spiro atoms. The summed E-state index contributed by atoms with van der Waals surface area (Å²) in [5, 5.41) is 14.8. The molecule has 1 saturated heterocycles. The van der Waals surface area contributed by atoms with Gasteiger partial charge in [-0.3, -0.25) is 10.1 Å². The van der Waals surface area contributed by atoms with Crippen LogP contribution in [-0.4, -0.2) is 50.0 Å². The van der Waals surface area contributed by atoms with Gasteiger partial charge in [-0.15, -0.1) is 0 Å². The Morgan fingerprint density at radius 3 is 2.58 bits per heavy atom. The lowest BCUT2D eigenvalue weighted by Gasteiger charge is -2.30. The van der Waals surface area contributed by atoms with Gasteiger partial charge in [0.15, 0.2) is 0 Å². The van der Waals surface area contributed by atoms with Crippen molar-refractivity contribution < 1.29 is 18.1 Å². The molecule has 1 N–H and O–H groups in total. The number of sulfonamides is 1. The van der Waals surface area contributed by atoms with E-state index in [1.165, 1.54) is 28.9 Å². The molecule has 2 fully saturated rings. The smallest absolute Gasteiger partial charge is 0.293 e. The number of nitrogens with zero attached hydrogens (tertiary/aromatic N) is 2. The van der Waals surface area contributed by atoms with E-state index in [9.17, 15) is 18.5 Å². The molecule has 1 aromatic carbocycles. The highest BCUT2D eigenvalue weighted by Gasteiger charge is 2.30. The van der Waals surface area contributed by atoms with Crippen molar-refractivity contribution in [1.29, 1.82) is 0 Å². The summed E-state index contributed by atoms with van der Waals surface area (Å²) in [5.74, 6) is 0.431. The average Bonchev–Trinajstić information content (AvgIpc) is 2.64. The standard InChI is InChI=1S/C17H25N3O5S/c1-13-4-2-3-5-15(13)18-16-7-6-14(12-17(16)20(21)22)26(23,24)19-8-10-25-11-9-19/h6-7,12-13,15,18H,2-5,8-11H2,1H3/t13-,15-/m0/s1. The van der Waals surface area contributed by atoms with Crippen LogP contribution in [0.2, 0.25) is 0 Å². The summed E-state index contributed by atoms with van der Waals surface area (Å²) in [6, 6.07) is 4.31. The molecule has 9 heteroatoms. The maximum Gasteiger partial charge on any atom is 0.293 e. The van der Waals surface area contributed by atoms with Crippen molar-refractivity contribution in [2.75, 3.05) is 31.6 Å². The first-order chi connectivity index (χ1) is 12.4. The summed E-state index contributed by atoms with van der Waals surface area (Å²) in [6.07, 6.45) is 4.33. The van der Waals surface area contributed by atoms with Crippen LogP contribution in [0.25, 0.3) is 0 Å². The summed E-state index contributed by atoms with van der Waals surface area (Å²) < 4.78 is 32.0. The Morgan fingerprint density at radius 2 is 1.92 bits per heavy atom. The van der Waals surface area contributed by atoms with Gasteiger partial charge in [0.05, 0.1) is 23.0 Å². The molecule has 2 atom stereocenters. The zero-order valence-corrected chi connectivity index (χ0v) is 15.7. The summed E-state index contributed by atoms with van der Waals surface area (Å²) in [5.41, 5.74) is 0.187. The van der Waals surface area contributed by atoms with Gasteiger partial charge < -0.3 is 10.1 Å². The Morgan fingerprint density at radius 1 is 1.23 bits per heavy atom. The van der Waals surface area contributed by atoms with Gasteiger partial charge in [-0.1, -0.05) is 19.8 Å². The molecule has 1 saturated carbocycles. The van der Waals surface area contributed by atoms with Gasteiger partial charge >= 0.3 is 0 Å². The molecular weight excluding hydrogens is 358 g/mol. The van der Waals surface area contributed by atoms with Crippen LogP contribution in [0.15, 0.2) is 23.1 Å². The Labute approximate surface area is 153 Å². The number of hydrogen-bond acceptors (Lipinski definition) is 6. The molecule has 0 unspecified atom stereocenters. The van der Waals surface area contributed by atoms with Gasteiger partial charge in [-0.25, -0.2) is 8.42 Å². The van der Waals surface area contributed by atoms with Crippen molar-refractivity contribution in [2.45, 2.75) is 43.5 Å². The predicted molar refractivity (Wildman–Crippen MR) is 97.7 cm³/mol. The fourth-order valence-corrected chi connectivity index (χ4v) is 5.04. The molecular formula is C17H25N3O5S. The minimum absolute atomic E-state index is 0.0478. The predicted octanol–water partition coefficient (Wildman–Crippen LogP) is 2.61. The highest BCUT2D eigenvalue weighted by Crippen LogP contribution is 2.33. The molecule has 1 aliphatic carbocycles. The lowest BCUT2D eigenvalue weighted by Crippen LogP contribution is -2.40. The van der Waals surface area contributed by atoms with Crippen LogP contribution in [0, 0.1) is 16.0 Å². The van der Waals surface area contributed by atoms with E-state index < -0.39 is 14.9 Å². The van der Waals surface area contributed by atoms with Gasteiger partial charge in [0, 0.05) is 25.2 Å². The highest BCUT2D eigenvalue weighted by molar-refractivity contribution is 7.89. The number of rotatable bonds is 5. The van der Waals surface area contributed by atoms with Crippen LogP contribution in [0.4, 0.5) is 11.4 Å². The molecule has 0 bridgehead atoms. The largest absolute Gasteiger partial charge is 0.379 e. The van der Waals surface area contributed by atoms with Gasteiger partial charge in [0.25, 0.3) is 5.69 Å². The number of ether oxygens (including phenoxy) is 1. The molecule has 0 aromatic heterocycles. The van der Waals surface area contributed by atoms with Crippen LogP contribution in [0.3, 0.4) is 0 Å². The van der Waals surface area contributed by atoms with Gasteiger partial charge in [0.1, 0.15) is 5.69 Å². The number of morpholine rings is 1. The summed E-state index contributed by atoms with van der Waals surface area (Å²) in [7, 11) is -3.76. The number of nitro benzene ring substituents is 1. The first-order valence-corrected chi connectivity index (χ1v) is 10.5. The minimum Gasteiger partial charge on any atom is -0.379 e. The Bertz CT molecular complexity index is 762. The van der Waals surface area contributed by atoms with Crippen LogP contribution in [0.1, 0.15) is 32.6 Å². The summed E-state index contributed by atoms with van der Waals surface area (Å²) >= 11 is 0. The quantitative estimate of drug-likeness (QED) is 0.619. The van der Waals surface area contributed by atoms with E-state index in [-0.39, 0.29) is 29.7 Å². The second-order valence-electron chi connectivity index (χ2n) is 6.97. The Balaban J connectivity index is 1.88. The fraction of sp³-hybridized carbons (Fsp3) is 0.647. The number of nitro groups is 1. The molecule has 1 aromatic rings. The van der Waals surface area contributed by atoms with E-state index in [4.69, 9.17) is 4.74 Å². The second kappa shape index (κ2) is 7.89. The van der Waals surface area contributed by atoms with Crippen molar-refractivity contribution >= 4 is 21.4 Å². The van der Waals surface area contributed by atoms with Crippen LogP contribution in [-0.2, 0) is 14.8 Å². The number of anilines is 1. The number of hydrogen-bond donors (Lipinski definition) is 1. The van der Waals surface area contributed by atoms with Crippen molar-refractivity contribution in [3.05, 3.63) is 28.3 Å². The van der Waals surface area contributed by atoms with Gasteiger partial charge in [-0.2, -0.15) is 4.31 Å². The zero-order chi connectivity index (χ0) is 18.7. The van der Waals surface area contributed by atoms with Gasteiger partial charge in [-0.05, 0) is 30.9 Å². The maximum atomic E-state index is 12.7. The van der Waals surface area contributed by atoms with E-state index in [0.29, 0.717) is 24.8 Å². The third-order valence-corrected chi connectivity index (χ3v) is 7.12. The lowest BCUT2D eigenvalue weighted by molar-refractivity contribution is -0.384. The van der Waals surface area contributed by atoms with Gasteiger partial charge in [0.2, 0.25) is 10.0 Å². The van der Waals surface area contributed by atoms with Crippen molar-refractivity contribution in [1.82, 2.24) is 4.31 Å². The molecule has 8 nitrogen and oxygen atoms in total. The third kappa shape index (κ3) is 3.99. The zero-order valence-electron chi connectivity index (χ0n) is 14.9. The molecule has 1 heterocycles. The lowest BCUT2D eigenvalue weighted by atomic mass is 9.86. The van der Waals surface area contributed by atoms with Crippen LogP contribution < -0.4 is 5.32 Å². The van der Waals surface area contributed by atoms with Crippen molar-refractivity contribution in [3.63, 3.8) is 0 Å². The number of benzene rings is 1. The molecule has 144 valence electrons. The van der Waals surface area contributed by atoms with E-state index in [0.717, 1.165) is 19.3 Å².